The molecule has 76 valence electrons. The Balaban J connectivity index is 3.03. The van der Waals surface area contributed by atoms with Gasteiger partial charge in [0.15, 0.2) is 0 Å². The Morgan fingerprint density at radius 3 is 2.71 bits per heavy atom. The van der Waals surface area contributed by atoms with Gasteiger partial charge in [-0.1, -0.05) is 0 Å². The van der Waals surface area contributed by atoms with Crippen LogP contribution in [0.3, 0.4) is 0 Å². The molecule has 0 saturated heterocycles. The molecule has 0 unspecified atom stereocenters. The van der Waals surface area contributed by atoms with Crippen LogP contribution in [-0.2, 0) is 11.9 Å². The van der Waals surface area contributed by atoms with Gasteiger partial charge in [-0.3, -0.25) is 14.4 Å². The predicted octanol–water partition coefficient (Wildman–Crippen LogP) is 0.0187. The number of pyridine rings is 1. The second-order valence-corrected chi connectivity index (χ2v) is 2.85. The van der Waals surface area contributed by atoms with Crippen LogP contribution in [0.4, 0.5) is 0 Å². The van der Waals surface area contributed by atoms with Crippen molar-refractivity contribution >= 4 is 5.91 Å². The van der Waals surface area contributed by atoms with E-state index in [9.17, 15) is 9.59 Å². The maximum Gasteiger partial charge on any atom is 0.277 e. The Bertz CT molecular complexity index is 397. The van der Waals surface area contributed by atoms with Crippen LogP contribution in [0.5, 0.6) is 0 Å². The van der Waals surface area contributed by atoms with E-state index in [1.165, 1.54) is 24.8 Å². The fourth-order valence-electron chi connectivity index (χ4n) is 0.946. The standard InChI is InChI=1S/C9H12N2O3/c1-10-5-4-7(6-8(10)12)9(13)11(2)14-3/h4-6H,1-3H3. The summed E-state index contributed by atoms with van der Waals surface area (Å²) in [4.78, 5) is 27.4. The van der Waals surface area contributed by atoms with E-state index >= 15 is 0 Å². The summed E-state index contributed by atoms with van der Waals surface area (Å²) >= 11 is 0. The molecule has 1 rings (SSSR count). The summed E-state index contributed by atoms with van der Waals surface area (Å²) < 4.78 is 1.39. The lowest BCUT2D eigenvalue weighted by Crippen LogP contribution is -2.27. The zero-order valence-corrected chi connectivity index (χ0v) is 8.35. The van der Waals surface area contributed by atoms with Gasteiger partial charge in [0, 0.05) is 31.9 Å². The van der Waals surface area contributed by atoms with Crippen molar-refractivity contribution in [3.8, 4) is 0 Å². The molecular weight excluding hydrogens is 184 g/mol. The summed E-state index contributed by atoms with van der Waals surface area (Å²) in [7, 11) is 4.50. The molecule has 0 N–H and O–H groups in total. The summed E-state index contributed by atoms with van der Waals surface area (Å²) in [6.07, 6.45) is 1.54. The highest BCUT2D eigenvalue weighted by molar-refractivity contribution is 5.93. The quantitative estimate of drug-likeness (QED) is 0.626. The zero-order chi connectivity index (χ0) is 10.7. The van der Waals surface area contributed by atoms with Crippen LogP contribution >= 0.6 is 0 Å². The van der Waals surface area contributed by atoms with Crippen LogP contribution in [0.15, 0.2) is 23.1 Å². The summed E-state index contributed by atoms with van der Waals surface area (Å²) in [6.45, 7) is 0. The molecule has 0 fully saturated rings. The van der Waals surface area contributed by atoms with Crippen LogP contribution in [0.25, 0.3) is 0 Å². The molecule has 0 aromatic carbocycles. The van der Waals surface area contributed by atoms with Crippen molar-refractivity contribution in [2.45, 2.75) is 0 Å². The number of amides is 1. The van der Waals surface area contributed by atoms with Crippen molar-refractivity contribution in [1.82, 2.24) is 9.63 Å². The minimum atomic E-state index is -0.342. The van der Waals surface area contributed by atoms with Crippen molar-refractivity contribution < 1.29 is 9.63 Å². The van der Waals surface area contributed by atoms with Gasteiger partial charge in [-0.05, 0) is 6.07 Å². The highest BCUT2D eigenvalue weighted by Gasteiger charge is 2.11. The second kappa shape index (κ2) is 4.06. The molecule has 0 saturated carbocycles. The molecule has 1 amide bonds. The molecule has 0 radical (unpaired) electrons. The summed E-state index contributed by atoms with van der Waals surface area (Å²) in [5.74, 6) is -0.342. The van der Waals surface area contributed by atoms with E-state index in [-0.39, 0.29) is 11.5 Å². The SMILES string of the molecule is CON(C)C(=O)c1ccn(C)c(=O)c1. The molecule has 0 spiro atoms. The first-order valence-corrected chi connectivity index (χ1v) is 4.05. The smallest absolute Gasteiger partial charge is 0.277 e. The van der Waals surface area contributed by atoms with E-state index in [1.807, 2.05) is 0 Å². The van der Waals surface area contributed by atoms with E-state index in [0.29, 0.717) is 5.56 Å². The molecule has 1 heterocycles. The number of hydrogen-bond acceptors (Lipinski definition) is 3. The molecule has 0 aliphatic rings. The van der Waals surface area contributed by atoms with Crippen molar-refractivity contribution in [1.29, 1.82) is 0 Å². The number of hydroxylamine groups is 2. The first-order chi connectivity index (χ1) is 6.56. The van der Waals surface area contributed by atoms with E-state index in [4.69, 9.17) is 4.84 Å². The lowest BCUT2D eigenvalue weighted by atomic mass is 10.2. The second-order valence-electron chi connectivity index (χ2n) is 2.85. The van der Waals surface area contributed by atoms with Crippen LogP contribution in [-0.4, -0.2) is 29.7 Å². The maximum absolute atomic E-state index is 11.5. The number of aromatic nitrogens is 1. The number of rotatable bonds is 2. The number of nitrogens with zero attached hydrogens (tertiary/aromatic N) is 2. The van der Waals surface area contributed by atoms with E-state index in [2.05, 4.69) is 0 Å². The minimum Gasteiger partial charge on any atom is -0.319 e. The zero-order valence-electron chi connectivity index (χ0n) is 8.35. The van der Waals surface area contributed by atoms with Crippen LogP contribution in [0.2, 0.25) is 0 Å². The third-order valence-corrected chi connectivity index (χ3v) is 1.91. The molecule has 1 aromatic heterocycles. The van der Waals surface area contributed by atoms with Crippen LogP contribution < -0.4 is 5.56 Å². The van der Waals surface area contributed by atoms with Gasteiger partial charge in [-0.25, -0.2) is 5.06 Å². The Kier molecular flexibility index (Phi) is 3.03. The fraction of sp³-hybridized carbons (Fsp3) is 0.333. The van der Waals surface area contributed by atoms with Gasteiger partial charge in [0.1, 0.15) is 0 Å². The monoisotopic (exact) mass is 196 g/mol. The average molecular weight is 196 g/mol. The van der Waals surface area contributed by atoms with Crippen LogP contribution in [0.1, 0.15) is 10.4 Å². The van der Waals surface area contributed by atoms with Crippen molar-refractivity contribution in [3.05, 3.63) is 34.2 Å². The first kappa shape index (κ1) is 10.5. The number of carbonyl (C=O) groups is 1. The van der Waals surface area contributed by atoms with Crippen molar-refractivity contribution in [3.63, 3.8) is 0 Å². The number of aryl methyl sites for hydroxylation is 1. The summed E-state index contributed by atoms with van der Waals surface area (Å²) in [5, 5.41) is 1.06. The van der Waals surface area contributed by atoms with Gasteiger partial charge in [0.2, 0.25) is 0 Å². The molecule has 5 heteroatoms. The highest BCUT2D eigenvalue weighted by Crippen LogP contribution is 1.99. The molecule has 1 aromatic rings. The predicted molar refractivity (Wildman–Crippen MR) is 50.8 cm³/mol. The Hall–Kier alpha value is -1.62. The third kappa shape index (κ3) is 2.00. The lowest BCUT2D eigenvalue weighted by molar-refractivity contribution is -0.0757. The van der Waals surface area contributed by atoms with E-state index in [0.717, 1.165) is 5.06 Å². The average Bonchev–Trinajstić information content (AvgIpc) is 2.20. The normalized spacial score (nSPS) is 9.93. The Morgan fingerprint density at radius 2 is 2.21 bits per heavy atom. The first-order valence-electron chi connectivity index (χ1n) is 4.05. The van der Waals surface area contributed by atoms with Gasteiger partial charge >= 0.3 is 0 Å². The highest BCUT2D eigenvalue weighted by atomic mass is 16.7. The largest absolute Gasteiger partial charge is 0.319 e. The molecule has 0 atom stereocenters. The molecule has 5 nitrogen and oxygen atoms in total. The number of hydrogen-bond donors (Lipinski definition) is 0. The third-order valence-electron chi connectivity index (χ3n) is 1.91. The molecule has 14 heavy (non-hydrogen) atoms. The van der Waals surface area contributed by atoms with Gasteiger partial charge in [0.05, 0.1) is 7.11 Å². The molecule has 0 aliphatic heterocycles. The van der Waals surface area contributed by atoms with Crippen LogP contribution in [0, 0.1) is 0 Å². The topological polar surface area (TPSA) is 51.5 Å². The van der Waals surface area contributed by atoms with E-state index in [1.54, 1.807) is 19.3 Å². The fourth-order valence-corrected chi connectivity index (χ4v) is 0.946. The molecular formula is C9H12N2O3. The molecule has 0 aliphatic carbocycles. The van der Waals surface area contributed by atoms with Gasteiger partial charge in [-0.15, -0.1) is 0 Å². The lowest BCUT2D eigenvalue weighted by Gasteiger charge is -2.13. The Labute approximate surface area is 81.5 Å². The minimum absolute atomic E-state index is 0.222. The van der Waals surface area contributed by atoms with Crippen molar-refractivity contribution in [2.75, 3.05) is 14.2 Å². The number of carbonyl (C=O) groups excluding carboxylic acids is 1. The summed E-state index contributed by atoms with van der Waals surface area (Å²) in [6, 6.07) is 2.84. The maximum atomic E-state index is 11.5. The Morgan fingerprint density at radius 1 is 1.57 bits per heavy atom. The van der Waals surface area contributed by atoms with Gasteiger partial charge in [-0.2, -0.15) is 0 Å². The van der Waals surface area contributed by atoms with E-state index < -0.39 is 0 Å². The summed E-state index contributed by atoms with van der Waals surface area (Å²) in [5.41, 5.74) is 0.0952. The van der Waals surface area contributed by atoms with Crippen molar-refractivity contribution in [2.24, 2.45) is 7.05 Å². The molecule has 0 bridgehead atoms. The van der Waals surface area contributed by atoms with Gasteiger partial charge < -0.3 is 4.57 Å². The van der Waals surface area contributed by atoms with Gasteiger partial charge in [0.25, 0.3) is 11.5 Å².